The minimum absolute atomic E-state index is 0.190. The van der Waals surface area contributed by atoms with E-state index in [9.17, 15) is 5.26 Å². The molecule has 1 aliphatic carbocycles. The van der Waals surface area contributed by atoms with Crippen LogP contribution in [0.15, 0.2) is 28.2 Å². The van der Waals surface area contributed by atoms with Gasteiger partial charge < -0.3 is 11.5 Å². The van der Waals surface area contributed by atoms with Crippen LogP contribution in [-0.4, -0.2) is 17.6 Å². The Balaban J connectivity index is 2.11. The van der Waals surface area contributed by atoms with Crippen LogP contribution in [0.1, 0.15) is 43.2 Å². The van der Waals surface area contributed by atoms with E-state index in [0.717, 1.165) is 32.1 Å². The van der Waals surface area contributed by atoms with E-state index in [2.05, 4.69) is 16.1 Å². The first-order chi connectivity index (χ1) is 11.1. The molecule has 116 valence electrons. The molecule has 1 saturated carbocycles. The Bertz CT molecular complexity index is 773. The smallest absolute Gasteiger partial charge is 0.220 e. The highest BCUT2D eigenvalue weighted by atomic mass is 15.4. The molecule has 2 aliphatic rings. The minimum atomic E-state index is -0.547. The van der Waals surface area contributed by atoms with Gasteiger partial charge in [0.1, 0.15) is 17.8 Å². The van der Waals surface area contributed by atoms with Gasteiger partial charge in [0.05, 0.1) is 11.1 Å². The quantitative estimate of drug-likeness (QED) is 0.813. The highest BCUT2D eigenvalue weighted by molar-refractivity contribution is 6.05. The highest BCUT2D eigenvalue weighted by Gasteiger charge is 2.42. The zero-order chi connectivity index (χ0) is 16.4. The summed E-state index contributed by atoms with van der Waals surface area (Å²) >= 11 is 0. The van der Waals surface area contributed by atoms with Crippen molar-refractivity contribution >= 4 is 17.6 Å². The molecule has 1 heterocycles. The molecule has 0 saturated heterocycles. The van der Waals surface area contributed by atoms with Crippen LogP contribution in [0.4, 0.5) is 5.69 Å². The number of aliphatic imine (C=N–C) groups is 2. The van der Waals surface area contributed by atoms with Gasteiger partial charge in [-0.3, -0.25) is 4.90 Å². The lowest BCUT2D eigenvalue weighted by Gasteiger charge is -2.45. The topological polar surface area (TPSA) is 128 Å². The Labute approximate surface area is 134 Å². The third-order valence-corrected chi connectivity index (χ3v) is 4.35. The Morgan fingerprint density at radius 1 is 1.04 bits per heavy atom. The third-order valence-electron chi connectivity index (χ3n) is 4.35. The summed E-state index contributed by atoms with van der Waals surface area (Å²) in [7, 11) is 0. The van der Waals surface area contributed by atoms with Crippen molar-refractivity contribution in [1.29, 1.82) is 10.5 Å². The van der Waals surface area contributed by atoms with Crippen molar-refractivity contribution < 1.29 is 0 Å². The molecule has 0 unspecified atom stereocenters. The first kappa shape index (κ1) is 14.9. The van der Waals surface area contributed by atoms with Crippen molar-refractivity contribution in [3.63, 3.8) is 0 Å². The average Bonchev–Trinajstić information content (AvgIpc) is 2.54. The van der Waals surface area contributed by atoms with E-state index in [0.29, 0.717) is 16.8 Å². The maximum Gasteiger partial charge on any atom is 0.220 e. The van der Waals surface area contributed by atoms with Crippen molar-refractivity contribution in [1.82, 2.24) is 0 Å². The summed E-state index contributed by atoms with van der Waals surface area (Å²) in [5, 5.41) is 18.3. The van der Waals surface area contributed by atoms with Gasteiger partial charge in [0, 0.05) is 5.69 Å². The van der Waals surface area contributed by atoms with Crippen molar-refractivity contribution in [2.75, 3.05) is 4.90 Å². The number of nitriles is 2. The molecule has 0 bridgehead atoms. The summed E-state index contributed by atoms with van der Waals surface area (Å²) in [5.74, 6) is 0.461. The maximum atomic E-state index is 9.25. The zero-order valence-electron chi connectivity index (χ0n) is 12.7. The Kier molecular flexibility index (Phi) is 3.63. The molecule has 0 radical (unpaired) electrons. The SMILES string of the molecule is N#Cc1ccc(N2C(N)=NC(N)=NC23CCCCC3)cc1C#N. The number of guanidine groups is 2. The number of anilines is 1. The Hall–Kier alpha value is -3.06. The van der Waals surface area contributed by atoms with Crippen LogP contribution in [0, 0.1) is 22.7 Å². The standard InChI is InChI=1S/C16H17N7/c17-9-11-4-5-13(8-12(11)10-18)23-15(20)21-14(19)22-16(23)6-2-1-3-7-16/h4-5,8H,1-3,6-7H2,(H4,19,20,21,22). The van der Waals surface area contributed by atoms with Crippen molar-refractivity contribution in [2.45, 2.75) is 37.8 Å². The second-order valence-electron chi connectivity index (χ2n) is 5.77. The van der Waals surface area contributed by atoms with Crippen LogP contribution in [-0.2, 0) is 0 Å². The fourth-order valence-electron chi connectivity index (χ4n) is 3.36. The lowest BCUT2D eigenvalue weighted by Crippen LogP contribution is -2.58. The predicted molar refractivity (Wildman–Crippen MR) is 87.4 cm³/mol. The molecule has 1 spiro atoms. The monoisotopic (exact) mass is 307 g/mol. The molecule has 0 atom stereocenters. The van der Waals surface area contributed by atoms with Gasteiger partial charge in [-0.2, -0.15) is 15.5 Å². The molecule has 1 aromatic carbocycles. The summed E-state index contributed by atoms with van der Waals surface area (Å²) < 4.78 is 0. The van der Waals surface area contributed by atoms with Crippen LogP contribution < -0.4 is 16.4 Å². The molecule has 0 amide bonds. The van der Waals surface area contributed by atoms with Gasteiger partial charge in [0.25, 0.3) is 0 Å². The fraction of sp³-hybridized carbons (Fsp3) is 0.375. The van der Waals surface area contributed by atoms with Crippen LogP contribution in [0.5, 0.6) is 0 Å². The molecular weight excluding hydrogens is 290 g/mol. The summed E-state index contributed by atoms with van der Waals surface area (Å²) in [4.78, 5) is 10.5. The first-order valence-corrected chi connectivity index (χ1v) is 7.53. The van der Waals surface area contributed by atoms with Gasteiger partial charge in [0.15, 0.2) is 0 Å². The van der Waals surface area contributed by atoms with Gasteiger partial charge in [-0.05, 0) is 43.9 Å². The first-order valence-electron chi connectivity index (χ1n) is 7.53. The van der Waals surface area contributed by atoms with E-state index in [-0.39, 0.29) is 11.9 Å². The molecule has 1 aliphatic heterocycles. The summed E-state index contributed by atoms with van der Waals surface area (Å²) in [6.45, 7) is 0. The second-order valence-corrected chi connectivity index (χ2v) is 5.77. The van der Waals surface area contributed by atoms with Gasteiger partial charge in [-0.1, -0.05) is 6.42 Å². The fourth-order valence-corrected chi connectivity index (χ4v) is 3.36. The van der Waals surface area contributed by atoms with Crippen LogP contribution in [0.25, 0.3) is 0 Å². The molecule has 7 nitrogen and oxygen atoms in total. The maximum absolute atomic E-state index is 9.25. The van der Waals surface area contributed by atoms with Crippen LogP contribution >= 0.6 is 0 Å². The highest BCUT2D eigenvalue weighted by Crippen LogP contribution is 2.39. The molecule has 1 aromatic rings. The molecule has 7 heteroatoms. The number of nitrogens with zero attached hydrogens (tertiary/aromatic N) is 5. The lowest BCUT2D eigenvalue weighted by molar-refractivity contribution is 0.305. The number of hydrogen-bond donors (Lipinski definition) is 2. The Morgan fingerprint density at radius 3 is 2.39 bits per heavy atom. The van der Waals surface area contributed by atoms with E-state index in [1.165, 1.54) is 0 Å². The molecule has 4 N–H and O–H groups in total. The molecular formula is C16H17N7. The molecule has 23 heavy (non-hydrogen) atoms. The average molecular weight is 307 g/mol. The predicted octanol–water partition coefficient (Wildman–Crippen LogP) is 1.54. The summed E-state index contributed by atoms with van der Waals surface area (Å²) in [5.41, 5.74) is 12.8. The van der Waals surface area contributed by atoms with Crippen LogP contribution in [0.2, 0.25) is 0 Å². The largest absolute Gasteiger partial charge is 0.369 e. The van der Waals surface area contributed by atoms with Gasteiger partial charge in [0.2, 0.25) is 11.9 Å². The number of benzene rings is 1. The normalized spacial score (nSPS) is 19.5. The van der Waals surface area contributed by atoms with Gasteiger partial charge >= 0.3 is 0 Å². The van der Waals surface area contributed by atoms with Crippen molar-refractivity contribution in [2.24, 2.45) is 21.5 Å². The minimum Gasteiger partial charge on any atom is -0.369 e. The van der Waals surface area contributed by atoms with Crippen LogP contribution in [0.3, 0.4) is 0 Å². The third kappa shape index (κ3) is 2.47. The van der Waals surface area contributed by atoms with Crippen molar-refractivity contribution in [3.05, 3.63) is 29.3 Å². The summed E-state index contributed by atoms with van der Waals surface area (Å²) in [6, 6.07) is 9.12. The number of nitrogens with two attached hydrogens (primary N) is 2. The molecule has 1 fully saturated rings. The summed E-state index contributed by atoms with van der Waals surface area (Å²) in [6.07, 6.45) is 4.86. The van der Waals surface area contributed by atoms with Gasteiger partial charge in [-0.15, -0.1) is 0 Å². The van der Waals surface area contributed by atoms with E-state index < -0.39 is 5.66 Å². The molecule has 0 aromatic heterocycles. The molecule has 3 rings (SSSR count). The zero-order valence-corrected chi connectivity index (χ0v) is 12.7. The van der Waals surface area contributed by atoms with Gasteiger partial charge in [-0.25, -0.2) is 4.99 Å². The number of rotatable bonds is 1. The van der Waals surface area contributed by atoms with E-state index in [4.69, 9.17) is 16.7 Å². The Morgan fingerprint density at radius 2 is 1.74 bits per heavy atom. The van der Waals surface area contributed by atoms with Crippen molar-refractivity contribution in [3.8, 4) is 12.1 Å². The van der Waals surface area contributed by atoms with E-state index in [1.54, 1.807) is 18.2 Å². The lowest BCUT2D eigenvalue weighted by atomic mass is 9.87. The second kappa shape index (κ2) is 5.62. The van der Waals surface area contributed by atoms with E-state index >= 15 is 0 Å². The number of hydrogen-bond acceptors (Lipinski definition) is 7. The van der Waals surface area contributed by atoms with E-state index in [1.807, 2.05) is 11.0 Å².